The minimum atomic E-state index is -0.294. The predicted octanol–water partition coefficient (Wildman–Crippen LogP) is 2.98. The first-order chi connectivity index (χ1) is 6.49. The van der Waals surface area contributed by atoms with Crippen LogP contribution in [0, 0.1) is 5.82 Å². The van der Waals surface area contributed by atoms with E-state index in [4.69, 9.17) is 11.6 Å². The number of likely N-dealkylation sites (N-methyl/N-ethyl adjacent to an activating group) is 1. The third-order valence-corrected chi connectivity index (χ3v) is 2.57. The first kappa shape index (κ1) is 11.5. The molecule has 0 radical (unpaired) electrons. The van der Waals surface area contributed by atoms with Gasteiger partial charge in [-0.2, -0.15) is 0 Å². The molecule has 0 bridgehead atoms. The SMILES string of the molecule is CNCC(C)(C)c1c(F)cccc1Cl. The molecule has 1 aromatic rings. The minimum absolute atomic E-state index is 0.238. The van der Waals surface area contributed by atoms with E-state index in [0.717, 1.165) is 0 Å². The van der Waals surface area contributed by atoms with Gasteiger partial charge in [0.05, 0.1) is 0 Å². The summed E-state index contributed by atoms with van der Waals surface area (Å²) in [5.74, 6) is -0.238. The molecule has 0 aromatic heterocycles. The van der Waals surface area contributed by atoms with Gasteiger partial charge in [0.15, 0.2) is 0 Å². The Labute approximate surface area is 89.3 Å². The number of rotatable bonds is 3. The predicted molar refractivity (Wildman–Crippen MR) is 58.4 cm³/mol. The van der Waals surface area contributed by atoms with E-state index < -0.39 is 0 Å². The summed E-state index contributed by atoms with van der Waals surface area (Å²) in [6, 6.07) is 4.78. The summed E-state index contributed by atoms with van der Waals surface area (Å²) in [6.07, 6.45) is 0. The van der Waals surface area contributed by atoms with Gasteiger partial charge in [0.2, 0.25) is 0 Å². The van der Waals surface area contributed by atoms with Crippen LogP contribution >= 0.6 is 11.6 Å². The molecular formula is C11H15ClFN. The van der Waals surface area contributed by atoms with Gasteiger partial charge in [-0.3, -0.25) is 0 Å². The Morgan fingerprint density at radius 2 is 2.07 bits per heavy atom. The Hall–Kier alpha value is -0.600. The zero-order valence-corrected chi connectivity index (χ0v) is 9.45. The monoisotopic (exact) mass is 215 g/mol. The van der Waals surface area contributed by atoms with Crippen molar-refractivity contribution in [2.75, 3.05) is 13.6 Å². The van der Waals surface area contributed by atoms with E-state index in [1.807, 2.05) is 20.9 Å². The third kappa shape index (κ3) is 2.25. The van der Waals surface area contributed by atoms with E-state index >= 15 is 0 Å². The first-order valence-electron chi connectivity index (χ1n) is 4.58. The van der Waals surface area contributed by atoms with Crippen molar-refractivity contribution in [3.63, 3.8) is 0 Å². The van der Waals surface area contributed by atoms with E-state index in [2.05, 4.69) is 5.32 Å². The molecule has 3 heteroatoms. The normalized spacial score (nSPS) is 11.8. The number of halogens is 2. The van der Waals surface area contributed by atoms with Crippen molar-refractivity contribution in [2.45, 2.75) is 19.3 Å². The standard InChI is InChI=1S/C11H15ClFN/c1-11(2,7-14-3)10-8(12)5-4-6-9(10)13/h4-6,14H,7H2,1-3H3. The molecule has 0 saturated carbocycles. The van der Waals surface area contributed by atoms with Gasteiger partial charge in [-0.1, -0.05) is 31.5 Å². The topological polar surface area (TPSA) is 12.0 Å². The minimum Gasteiger partial charge on any atom is -0.319 e. The average molecular weight is 216 g/mol. The third-order valence-electron chi connectivity index (χ3n) is 2.26. The Morgan fingerprint density at radius 3 is 2.57 bits per heavy atom. The molecular weight excluding hydrogens is 201 g/mol. The Kier molecular flexibility index (Phi) is 3.51. The molecule has 0 aliphatic heterocycles. The van der Waals surface area contributed by atoms with Crippen molar-refractivity contribution in [2.24, 2.45) is 0 Å². The van der Waals surface area contributed by atoms with E-state index in [9.17, 15) is 4.39 Å². The lowest BCUT2D eigenvalue weighted by atomic mass is 9.84. The molecule has 1 nitrogen and oxygen atoms in total. The lowest BCUT2D eigenvalue weighted by Crippen LogP contribution is -2.31. The van der Waals surface area contributed by atoms with Crippen LogP contribution in [0.4, 0.5) is 4.39 Å². The smallest absolute Gasteiger partial charge is 0.128 e. The van der Waals surface area contributed by atoms with Crippen molar-refractivity contribution in [1.29, 1.82) is 0 Å². The van der Waals surface area contributed by atoms with Crippen molar-refractivity contribution >= 4 is 11.6 Å². The first-order valence-corrected chi connectivity index (χ1v) is 4.96. The zero-order chi connectivity index (χ0) is 10.8. The molecule has 0 spiro atoms. The second-order valence-electron chi connectivity index (χ2n) is 4.01. The Bertz CT molecular complexity index is 303. The summed E-state index contributed by atoms with van der Waals surface area (Å²) in [6.45, 7) is 4.62. The van der Waals surface area contributed by atoms with Crippen LogP contribution in [-0.4, -0.2) is 13.6 Å². The van der Waals surface area contributed by atoms with Gasteiger partial charge < -0.3 is 5.32 Å². The second-order valence-corrected chi connectivity index (χ2v) is 4.42. The maximum absolute atomic E-state index is 13.6. The van der Waals surface area contributed by atoms with Crippen molar-refractivity contribution < 1.29 is 4.39 Å². The van der Waals surface area contributed by atoms with Crippen LogP contribution in [0.1, 0.15) is 19.4 Å². The molecule has 0 amide bonds. The van der Waals surface area contributed by atoms with Gasteiger partial charge in [0.1, 0.15) is 5.82 Å². The Morgan fingerprint density at radius 1 is 1.43 bits per heavy atom. The number of nitrogens with one attached hydrogen (secondary N) is 1. The maximum atomic E-state index is 13.6. The molecule has 0 saturated heterocycles. The number of hydrogen-bond acceptors (Lipinski definition) is 1. The average Bonchev–Trinajstić information content (AvgIpc) is 2.02. The number of hydrogen-bond donors (Lipinski definition) is 1. The molecule has 0 unspecified atom stereocenters. The molecule has 0 fully saturated rings. The molecule has 0 heterocycles. The van der Waals surface area contributed by atoms with Gasteiger partial charge in [-0.05, 0) is 19.2 Å². The van der Waals surface area contributed by atoms with Crippen LogP contribution in [0.15, 0.2) is 18.2 Å². The number of benzene rings is 1. The molecule has 1 rings (SSSR count). The molecule has 1 N–H and O–H groups in total. The summed E-state index contributed by atoms with van der Waals surface area (Å²) >= 11 is 5.98. The fourth-order valence-corrected chi connectivity index (χ4v) is 2.09. The molecule has 1 aromatic carbocycles. The summed E-state index contributed by atoms with van der Waals surface area (Å²) in [7, 11) is 1.84. The van der Waals surface area contributed by atoms with Crippen LogP contribution in [0.5, 0.6) is 0 Å². The fourth-order valence-electron chi connectivity index (χ4n) is 1.67. The second kappa shape index (κ2) is 4.28. The lowest BCUT2D eigenvalue weighted by Gasteiger charge is -2.26. The molecule has 14 heavy (non-hydrogen) atoms. The van der Waals surface area contributed by atoms with E-state index in [1.165, 1.54) is 6.07 Å². The quantitative estimate of drug-likeness (QED) is 0.818. The summed E-state index contributed by atoms with van der Waals surface area (Å²) in [4.78, 5) is 0. The molecule has 0 atom stereocenters. The van der Waals surface area contributed by atoms with Gasteiger partial charge in [-0.15, -0.1) is 0 Å². The zero-order valence-electron chi connectivity index (χ0n) is 8.70. The summed E-state index contributed by atoms with van der Waals surface area (Å²) < 4.78 is 13.6. The highest BCUT2D eigenvalue weighted by Crippen LogP contribution is 2.31. The summed E-state index contributed by atoms with van der Waals surface area (Å²) in [5, 5.41) is 3.53. The van der Waals surface area contributed by atoms with Crippen molar-refractivity contribution in [1.82, 2.24) is 5.32 Å². The van der Waals surface area contributed by atoms with Crippen molar-refractivity contribution in [3.8, 4) is 0 Å². The molecule has 0 aliphatic carbocycles. The fraction of sp³-hybridized carbons (Fsp3) is 0.455. The van der Waals surface area contributed by atoms with E-state index in [1.54, 1.807) is 12.1 Å². The van der Waals surface area contributed by atoms with Gasteiger partial charge >= 0.3 is 0 Å². The van der Waals surface area contributed by atoms with E-state index in [-0.39, 0.29) is 11.2 Å². The van der Waals surface area contributed by atoms with Crippen LogP contribution in [0.2, 0.25) is 5.02 Å². The maximum Gasteiger partial charge on any atom is 0.128 e. The highest BCUT2D eigenvalue weighted by Gasteiger charge is 2.25. The van der Waals surface area contributed by atoms with E-state index in [0.29, 0.717) is 17.1 Å². The highest BCUT2D eigenvalue weighted by molar-refractivity contribution is 6.31. The van der Waals surface area contributed by atoms with Crippen LogP contribution in [0.25, 0.3) is 0 Å². The van der Waals surface area contributed by atoms with Gasteiger partial charge in [-0.25, -0.2) is 4.39 Å². The van der Waals surface area contributed by atoms with Crippen LogP contribution in [-0.2, 0) is 5.41 Å². The largest absolute Gasteiger partial charge is 0.319 e. The van der Waals surface area contributed by atoms with Gasteiger partial charge in [0.25, 0.3) is 0 Å². The molecule has 78 valence electrons. The highest BCUT2D eigenvalue weighted by atomic mass is 35.5. The lowest BCUT2D eigenvalue weighted by molar-refractivity contribution is 0.463. The van der Waals surface area contributed by atoms with Crippen LogP contribution < -0.4 is 5.32 Å². The van der Waals surface area contributed by atoms with Gasteiger partial charge in [0, 0.05) is 22.5 Å². The molecule has 0 aliphatic rings. The Balaban J connectivity index is 3.17. The van der Waals surface area contributed by atoms with Crippen LogP contribution in [0.3, 0.4) is 0 Å². The van der Waals surface area contributed by atoms with Crippen molar-refractivity contribution in [3.05, 3.63) is 34.6 Å². The summed E-state index contributed by atoms with van der Waals surface area (Å²) in [5.41, 5.74) is 0.285.